The first-order chi connectivity index (χ1) is 7.52. The summed E-state index contributed by atoms with van der Waals surface area (Å²) in [5.74, 6) is -0.722. The number of carbonyl (C=O) groups is 1. The van der Waals surface area contributed by atoms with Crippen LogP contribution in [0.2, 0.25) is 0 Å². The quantitative estimate of drug-likeness (QED) is 0.830. The Morgan fingerprint density at radius 1 is 1.38 bits per heavy atom. The number of carboxylic acids is 1. The topological polar surface area (TPSA) is 40.5 Å². The van der Waals surface area contributed by atoms with Crippen molar-refractivity contribution in [1.82, 2.24) is 0 Å². The molecule has 0 unspecified atom stereocenters. The van der Waals surface area contributed by atoms with Crippen molar-refractivity contribution in [1.29, 1.82) is 0 Å². The van der Waals surface area contributed by atoms with Gasteiger partial charge in [0.2, 0.25) is 0 Å². The molecule has 0 heterocycles. The first kappa shape index (κ1) is 12.6. The number of carboxylic acid groups (broad SMARTS) is 1. The monoisotopic (exact) mass is 221 g/mol. The van der Waals surface area contributed by atoms with Crippen molar-refractivity contribution in [2.45, 2.75) is 26.2 Å². The van der Waals surface area contributed by atoms with E-state index >= 15 is 0 Å². The van der Waals surface area contributed by atoms with Crippen LogP contribution in [0, 0.1) is 6.92 Å². The van der Waals surface area contributed by atoms with Crippen LogP contribution in [0.4, 0.5) is 5.69 Å². The summed E-state index contributed by atoms with van der Waals surface area (Å²) in [6, 6.07) is 6.18. The second-order valence-electron chi connectivity index (χ2n) is 4.21. The fraction of sp³-hybridized carbons (Fsp3) is 0.462. The SMILES string of the molecule is Cc1cccc(N(C)C)c1CCCC(=O)O. The van der Waals surface area contributed by atoms with E-state index in [1.54, 1.807) is 0 Å². The standard InChI is InChI=1S/C13H19NO2/c1-10-6-4-8-12(14(2)3)11(10)7-5-9-13(15)16/h4,6,8H,5,7,9H2,1-3H3,(H,15,16). The number of aryl methyl sites for hydroxylation is 1. The van der Waals surface area contributed by atoms with Crippen molar-refractivity contribution >= 4 is 11.7 Å². The summed E-state index contributed by atoms with van der Waals surface area (Å²) in [5.41, 5.74) is 3.68. The van der Waals surface area contributed by atoms with Gasteiger partial charge in [0.25, 0.3) is 0 Å². The summed E-state index contributed by atoms with van der Waals surface area (Å²) in [7, 11) is 4.02. The third kappa shape index (κ3) is 3.26. The minimum Gasteiger partial charge on any atom is -0.481 e. The maximum Gasteiger partial charge on any atom is 0.303 e. The Morgan fingerprint density at radius 2 is 2.06 bits per heavy atom. The lowest BCUT2D eigenvalue weighted by Crippen LogP contribution is -2.12. The fourth-order valence-electron chi connectivity index (χ4n) is 1.85. The predicted molar refractivity (Wildman–Crippen MR) is 66.1 cm³/mol. The molecule has 0 aliphatic carbocycles. The number of anilines is 1. The number of nitrogens with zero attached hydrogens (tertiary/aromatic N) is 1. The second-order valence-corrected chi connectivity index (χ2v) is 4.21. The molecule has 0 aliphatic heterocycles. The molecule has 16 heavy (non-hydrogen) atoms. The molecule has 88 valence electrons. The van der Waals surface area contributed by atoms with Crippen molar-refractivity contribution < 1.29 is 9.90 Å². The van der Waals surface area contributed by atoms with Gasteiger partial charge in [-0.05, 0) is 37.0 Å². The van der Waals surface area contributed by atoms with Gasteiger partial charge in [0.15, 0.2) is 0 Å². The maximum atomic E-state index is 10.5. The van der Waals surface area contributed by atoms with Gasteiger partial charge in [0.05, 0.1) is 0 Å². The molecule has 0 fully saturated rings. The van der Waals surface area contributed by atoms with E-state index in [-0.39, 0.29) is 6.42 Å². The van der Waals surface area contributed by atoms with Crippen LogP contribution in [0.15, 0.2) is 18.2 Å². The summed E-state index contributed by atoms with van der Waals surface area (Å²) < 4.78 is 0. The summed E-state index contributed by atoms with van der Waals surface area (Å²) in [5, 5.41) is 8.63. The van der Waals surface area contributed by atoms with Gasteiger partial charge in [0.1, 0.15) is 0 Å². The lowest BCUT2D eigenvalue weighted by atomic mass is 10.0. The Morgan fingerprint density at radius 3 is 2.62 bits per heavy atom. The van der Waals surface area contributed by atoms with E-state index in [0.29, 0.717) is 6.42 Å². The lowest BCUT2D eigenvalue weighted by molar-refractivity contribution is -0.137. The van der Waals surface area contributed by atoms with Crippen molar-refractivity contribution in [2.75, 3.05) is 19.0 Å². The van der Waals surface area contributed by atoms with E-state index in [1.165, 1.54) is 16.8 Å². The molecule has 0 spiro atoms. The molecular formula is C13H19NO2. The summed E-state index contributed by atoms with van der Waals surface area (Å²) in [6.07, 6.45) is 1.76. The first-order valence-electron chi connectivity index (χ1n) is 5.50. The van der Waals surface area contributed by atoms with Crippen LogP contribution in [0.5, 0.6) is 0 Å². The zero-order valence-electron chi connectivity index (χ0n) is 10.2. The zero-order valence-corrected chi connectivity index (χ0v) is 10.2. The van der Waals surface area contributed by atoms with Gasteiger partial charge in [-0.15, -0.1) is 0 Å². The van der Waals surface area contributed by atoms with Gasteiger partial charge < -0.3 is 10.0 Å². The van der Waals surface area contributed by atoms with Crippen molar-refractivity contribution in [3.8, 4) is 0 Å². The van der Waals surface area contributed by atoms with Gasteiger partial charge in [-0.25, -0.2) is 0 Å². The average Bonchev–Trinajstić information content (AvgIpc) is 2.19. The highest BCUT2D eigenvalue weighted by Crippen LogP contribution is 2.23. The van der Waals surface area contributed by atoms with Gasteiger partial charge >= 0.3 is 5.97 Å². The molecule has 0 aliphatic rings. The van der Waals surface area contributed by atoms with Crippen LogP contribution in [0.3, 0.4) is 0 Å². The van der Waals surface area contributed by atoms with Crippen molar-refractivity contribution in [3.05, 3.63) is 29.3 Å². The normalized spacial score (nSPS) is 10.2. The molecule has 0 saturated carbocycles. The Hall–Kier alpha value is -1.51. The molecular weight excluding hydrogens is 202 g/mol. The van der Waals surface area contributed by atoms with E-state index in [9.17, 15) is 4.79 Å². The van der Waals surface area contributed by atoms with Gasteiger partial charge in [-0.1, -0.05) is 12.1 Å². The number of benzene rings is 1. The maximum absolute atomic E-state index is 10.5. The minimum atomic E-state index is -0.722. The third-order valence-corrected chi connectivity index (χ3v) is 2.68. The summed E-state index contributed by atoms with van der Waals surface area (Å²) in [6.45, 7) is 2.07. The van der Waals surface area contributed by atoms with Gasteiger partial charge in [-0.3, -0.25) is 4.79 Å². The fourth-order valence-corrected chi connectivity index (χ4v) is 1.85. The number of rotatable bonds is 5. The Kier molecular flexibility index (Phi) is 4.35. The van der Waals surface area contributed by atoms with E-state index in [1.807, 2.05) is 20.2 Å². The van der Waals surface area contributed by atoms with Crippen LogP contribution >= 0.6 is 0 Å². The number of hydrogen-bond donors (Lipinski definition) is 1. The highest BCUT2D eigenvalue weighted by Gasteiger charge is 2.07. The molecule has 0 atom stereocenters. The molecule has 1 aromatic rings. The molecule has 0 saturated heterocycles. The molecule has 0 amide bonds. The van der Waals surface area contributed by atoms with E-state index in [0.717, 1.165) is 6.42 Å². The third-order valence-electron chi connectivity index (χ3n) is 2.68. The van der Waals surface area contributed by atoms with Gasteiger partial charge in [-0.2, -0.15) is 0 Å². The smallest absolute Gasteiger partial charge is 0.303 e. The summed E-state index contributed by atoms with van der Waals surface area (Å²) in [4.78, 5) is 12.6. The Labute approximate surface area is 96.7 Å². The first-order valence-corrected chi connectivity index (χ1v) is 5.50. The largest absolute Gasteiger partial charge is 0.481 e. The average molecular weight is 221 g/mol. The molecule has 3 nitrogen and oxygen atoms in total. The lowest BCUT2D eigenvalue weighted by Gasteiger charge is -2.19. The molecule has 0 radical (unpaired) electrons. The van der Waals surface area contributed by atoms with E-state index in [4.69, 9.17) is 5.11 Å². The van der Waals surface area contributed by atoms with Crippen LogP contribution in [-0.4, -0.2) is 25.2 Å². The Balaban J connectivity index is 2.80. The second kappa shape index (κ2) is 5.54. The van der Waals surface area contributed by atoms with Gasteiger partial charge in [0, 0.05) is 26.2 Å². The summed E-state index contributed by atoms with van der Waals surface area (Å²) >= 11 is 0. The Bertz CT molecular complexity index is 372. The molecule has 0 aromatic heterocycles. The molecule has 1 N–H and O–H groups in total. The highest BCUT2D eigenvalue weighted by atomic mass is 16.4. The molecule has 3 heteroatoms. The van der Waals surface area contributed by atoms with Crippen LogP contribution in [-0.2, 0) is 11.2 Å². The van der Waals surface area contributed by atoms with Crippen molar-refractivity contribution in [3.63, 3.8) is 0 Å². The predicted octanol–water partition coefficient (Wildman–Crippen LogP) is 2.47. The van der Waals surface area contributed by atoms with E-state index in [2.05, 4.69) is 24.0 Å². The van der Waals surface area contributed by atoms with Crippen LogP contribution in [0.25, 0.3) is 0 Å². The van der Waals surface area contributed by atoms with Crippen LogP contribution < -0.4 is 4.90 Å². The zero-order chi connectivity index (χ0) is 12.1. The number of hydrogen-bond acceptors (Lipinski definition) is 2. The highest BCUT2D eigenvalue weighted by molar-refractivity contribution is 5.66. The molecule has 1 rings (SSSR count). The molecule has 0 bridgehead atoms. The minimum absolute atomic E-state index is 0.237. The van der Waals surface area contributed by atoms with E-state index < -0.39 is 5.97 Å². The van der Waals surface area contributed by atoms with Crippen LogP contribution in [0.1, 0.15) is 24.0 Å². The number of aliphatic carboxylic acids is 1. The molecule has 1 aromatic carbocycles. The van der Waals surface area contributed by atoms with Crippen molar-refractivity contribution in [2.24, 2.45) is 0 Å².